The fourth-order valence-corrected chi connectivity index (χ4v) is 4.59. The Morgan fingerprint density at radius 3 is 2.52 bits per heavy atom. The number of benzene rings is 1. The molecule has 3 rings (SSSR count). The lowest BCUT2D eigenvalue weighted by atomic mass is 9.87. The number of halogens is 2. The van der Waals surface area contributed by atoms with Gasteiger partial charge < -0.3 is 10.1 Å². The summed E-state index contributed by atoms with van der Waals surface area (Å²) in [4.78, 5) is 15.7. The van der Waals surface area contributed by atoms with Crippen LogP contribution >= 0.6 is 11.6 Å². The first-order valence-electron chi connectivity index (χ1n) is 9.96. The van der Waals surface area contributed by atoms with Crippen molar-refractivity contribution < 1.29 is 22.3 Å². The smallest absolute Gasteiger partial charge is 0.407 e. The van der Waals surface area contributed by atoms with Crippen LogP contribution in [0.4, 0.5) is 9.18 Å². The van der Waals surface area contributed by atoms with E-state index < -0.39 is 33.3 Å². The summed E-state index contributed by atoms with van der Waals surface area (Å²) in [5.74, 6) is -0.627. The summed E-state index contributed by atoms with van der Waals surface area (Å²) in [6, 6.07) is 8.51. The number of hydrogen-bond acceptors (Lipinski definition) is 6. The first-order valence-corrected chi connectivity index (χ1v) is 11.8. The number of nitrogens with one attached hydrogen (secondary N) is 1. The summed E-state index contributed by atoms with van der Waals surface area (Å²) in [5, 5.41) is 6.59. The maximum atomic E-state index is 15.0. The Bertz CT molecular complexity index is 1280. The van der Waals surface area contributed by atoms with Crippen molar-refractivity contribution in [2.45, 2.75) is 43.7 Å². The minimum absolute atomic E-state index is 0.0608. The highest BCUT2D eigenvalue weighted by atomic mass is 35.5. The average Bonchev–Trinajstić information content (AvgIpc) is 3.18. The van der Waals surface area contributed by atoms with E-state index in [4.69, 9.17) is 16.3 Å². The molecule has 0 saturated carbocycles. The van der Waals surface area contributed by atoms with E-state index in [2.05, 4.69) is 15.4 Å². The number of aryl methyl sites for hydroxylation is 1. The molecule has 0 saturated heterocycles. The molecule has 0 aliphatic carbocycles. The number of nitrogens with zero attached hydrogens (tertiary/aromatic N) is 3. The molecular weight excluding hydrogens is 471 g/mol. The van der Waals surface area contributed by atoms with E-state index in [0.29, 0.717) is 5.56 Å². The number of aromatic nitrogens is 3. The van der Waals surface area contributed by atoms with Gasteiger partial charge in [-0.3, -0.25) is 0 Å². The van der Waals surface area contributed by atoms with Crippen LogP contribution in [0.3, 0.4) is 0 Å². The number of ether oxygens (including phenoxy) is 1. The minimum Gasteiger partial charge on any atom is -0.439 e. The van der Waals surface area contributed by atoms with Gasteiger partial charge in [-0.25, -0.2) is 27.3 Å². The Balaban J connectivity index is 2.29. The number of pyridine rings is 1. The second-order valence-electron chi connectivity index (χ2n) is 8.45. The van der Waals surface area contributed by atoms with E-state index in [-0.39, 0.29) is 26.5 Å². The van der Waals surface area contributed by atoms with E-state index in [1.54, 1.807) is 19.1 Å². The molecule has 11 heteroatoms. The summed E-state index contributed by atoms with van der Waals surface area (Å²) in [5.41, 5.74) is -0.253. The molecule has 1 aromatic carbocycles. The standard InChI is InChI=1S/C22H24ClFN4O4S/c1-13-7-6-8-16(19(13)24)28-18(33(30,31)14-9-10-17(23)26-12-14)11-15(27-28)20(22(2,3)4)32-21(29)25-5/h6-12,20H,1-5H3,(H,25,29). The predicted octanol–water partition coefficient (Wildman–Crippen LogP) is 4.64. The van der Waals surface area contributed by atoms with Gasteiger partial charge in [0.25, 0.3) is 0 Å². The van der Waals surface area contributed by atoms with Gasteiger partial charge in [0.05, 0.1) is 4.90 Å². The molecule has 176 valence electrons. The van der Waals surface area contributed by atoms with Gasteiger partial charge in [0.1, 0.15) is 16.5 Å². The maximum absolute atomic E-state index is 15.0. The number of carbonyl (C=O) groups is 1. The fraction of sp³-hybridized carbons (Fsp3) is 0.318. The number of hydrogen-bond donors (Lipinski definition) is 1. The molecule has 0 spiro atoms. The van der Waals surface area contributed by atoms with Crippen molar-refractivity contribution in [3.63, 3.8) is 0 Å². The number of amides is 1. The van der Waals surface area contributed by atoms with E-state index in [0.717, 1.165) is 10.9 Å². The summed E-state index contributed by atoms with van der Waals surface area (Å²) < 4.78 is 48.6. The first kappa shape index (κ1) is 24.7. The van der Waals surface area contributed by atoms with Crippen LogP contribution in [-0.2, 0) is 14.6 Å². The number of rotatable bonds is 5. The van der Waals surface area contributed by atoms with Crippen LogP contribution in [0.25, 0.3) is 5.69 Å². The van der Waals surface area contributed by atoms with Gasteiger partial charge in [0.2, 0.25) is 9.84 Å². The molecule has 0 bridgehead atoms. The third-order valence-corrected chi connectivity index (χ3v) is 6.79. The molecule has 0 fully saturated rings. The molecular formula is C22H24ClFN4O4S. The normalized spacial score (nSPS) is 12.9. The monoisotopic (exact) mass is 494 g/mol. The van der Waals surface area contributed by atoms with Gasteiger partial charge >= 0.3 is 6.09 Å². The molecule has 1 N–H and O–H groups in total. The molecule has 1 unspecified atom stereocenters. The maximum Gasteiger partial charge on any atom is 0.407 e. The van der Waals surface area contributed by atoms with E-state index in [1.807, 2.05) is 20.8 Å². The Labute approximate surface area is 196 Å². The molecule has 1 atom stereocenters. The molecule has 0 aliphatic rings. The topological polar surface area (TPSA) is 103 Å². The van der Waals surface area contributed by atoms with Crippen LogP contribution in [0.5, 0.6) is 0 Å². The third-order valence-electron chi connectivity index (χ3n) is 4.87. The highest BCUT2D eigenvalue weighted by Gasteiger charge is 2.36. The Hall–Kier alpha value is -2.98. The van der Waals surface area contributed by atoms with Crippen LogP contribution in [-0.4, -0.2) is 36.3 Å². The average molecular weight is 495 g/mol. The van der Waals surface area contributed by atoms with Crippen LogP contribution in [0.2, 0.25) is 5.15 Å². The van der Waals surface area contributed by atoms with Crippen molar-refractivity contribution in [2.75, 3.05) is 7.05 Å². The zero-order chi connectivity index (χ0) is 24.6. The van der Waals surface area contributed by atoms with Crippen LogP contribution in [0.15, 0.2) is 52.5 Å². The molecule has 1 amide bonds. The van der Waals surface area contributed by atoms with Crippen molar-refractivity contribution in [1.82, 2.24) is 20.1 Å². The molecule has 3 aromatic rings. The van der Waals surface area contributed by atoms with Crippen LogP contribution < -0.4 is 5.32 Å². The van der Waals surface area contributed by atoms with Gasteiger partial charge in [-0.1, -0.05) is 44.5 Å². The highest BCUT2D eigenvalue weighted by Crippen LogP contribution is 2.38. The quantitative estimate of drug-likeness (QED) is 0.518. The van der Waals surface area contributed by atoms with Gasteiger partial charge in [0, 0.05) is 24.7 Å². The first-order chi connectivity index (χ1) is 15.4. The van der Waals surface area contributed by atoms with Crippen molar-refractivity contribution in [2.24, 2.45) is 5.41 Å². The van der Waals surface area contributed by atoms with Crippen LogP contribution in [0, 0.1) is 18.2 Å². The number of carbonyl (C=O) groups excluding carboxylic acids is 1. The lowest BCUT2D eigenvalue weighted by molar-refractivity contribution is 0.0284. The second kappa shape index (κ2) is 9.11. The Morgan fingerprint density at radius 1 is 1.24 bits per heavy atom. The van der Waals surface area contributed by atoms with Gasteiger partial charge in [0.15, 0.2) is 16.9 Å². The van der Waals surface area contributed by atoms with Gasteiger partial charge in [-0.05, 0) is 30.7 Å². The highest BCUT2D eigenvalue weighted by molar-refractivity contribution is 7.91. The minimum atomic E-state index is -4.20. The van der Waals surface area contributed by atoms with Gasteiger partial charge in [-0.15, -0.1) is 0 Å². The second-order valence-corrected chi connectivity index (χ2v) is 10.7. The molecule has 2 heterocycles. The van der Waals surface area contributed by atoms with Crippen LogP contribution in [0.1, 0.15) is 38.1 Å². The molecule has 8 nitrogen and oxygen atoms in total. The zero-order valence-corrected chi connectivity index (χ0v) is 20.3. The van der Waals surface area contributed by atoms with Crippen molar-refractivity contribution in [1.29, 1.82) is 0 Å². The third kappa shape index (κ3) is 5.01. The van der Waals surface area contributed by atoms with Crippen molar-refractivity contribution in [3.8, 4) is 5.69 Å². The summed E-state index contributed by atoms with van der Waals surface area (Å²) in [6.07, 6.45) is -0.523. The lowest BCUT2D eigenvalue weighted by Gasteiger charge is -2.28. The predicted molar refractivity (Wildman–Crippen MR) is 121 cm³/mol. The summed E-state index contributed by atoms with van der Waals surface area (Å²) in [7, 11) is -2.79. The Morgan fingerprint density at radius 2 is 1.94 bits per heavy atom. The molecule has 33 heavy (non-hydrogen) atoms. The van der Waals surface area contributed by atoms with Gasteiger partial charge in [-0.2, -0.15) is 5.10 Å². The number of alkyl carbamates (subject to hydrolysis) is 1. The van der Waals surface area contributed by atoms with E-state index >= 15 is 4.39 Å². The van der Waals surface area contributed by atoms with E-state index in [9.17, 15) is 13.2 Å². The van der Waals surface area contributed by atoms with Crippen molar-refractivity contribution >= 4 is 27.5 Å². The molecule has 2 aromatic heterocycles. The summed E-state index contributed by atoms with van der Waals surface area (Å²) >= 11 is 5.80. The summed E-state index contributed by atoms with van der Waals surface area (Å²) in [6.45, 7) is 6.99. The number of sulfone groups is 1. The van der Waals surface area contributed by atoms with Crippen molar-refractivity contribution in [3.05, 3.63) is 64.8 Å². The molecule has 0 aliphatic heterocycles. The Kier molecular flexibility index (Phi) is 6.80. The van der Waals surface area contributed by atoms with E-state index in [1.165, 1.54) is 31.3 Å². The largest absolute Gasteiger partial charge is 0.439 e. The lowest BCUT2D eigenvalue weighted by Crippen LogP contribution is -2.29. The molecule has 0 radical (unpaired) electrons. The zero-order valence-electron chi connectivity index (χ0n) is 18.8. The SMILES string of the molecule is CNC(=O)OC(c1cc(S(=O)(=O)c2ccc(Cl)nc2)n(-c2cccc(C)c2F)n1)C(C)(C)C. The fourth-order valence-electron chi connectivity index (χ4n) is 3.16.